The van der Waals surface area contributed by atoms with E-state index in [1.807, 2.05) is 40.7 Å². The smallest absolute Gasteiger partial charge is 0.240 e. The molecule has 0 radical (unpaired) electrons. The Labute approximate surface area is 122 Å². The van der Waals surface area contributed by atoms with Crippen LogP contribution < -0.4 is 10.5 Å². The van der Waals surface area contributed by atoms with Gasteiger partial charge in [0.1, 0.15) is 0 Å². The van der Waals surface area contributed by atoms with Crippen molar-refractivity contribution in [1.82, 2.24) is 4.72 Å². The van der Waals surface area contributed by atoms with Crippen molar-refractivity contribution in [2.24, 2.45) is 11.1 Å². The summed E-state index contributed by atoms with van der Waals surface area (Å²) in [6, 6.07) is 5.02. The second-order valence-electron chi connectivity index (χ2n) is 6.20. The highest BCUT2D eigenvalue weighted by atomic mass is 32.2. The van der Waals surface area contributed by atoms with E-state index in [4.69, 9.17) is 5.73 Å². The lowest BCUT2D eigenvalue weighted by atomic mass is 9.89. The normalized spacial score (nSPS) is 14.3. The third-order valence-electron chi connectivity index (χ3n) is 3.72. The molecule has 1 atom stereocenters. The number of rotatable bonds is 5. The fourth-order valence-corrected chi connectivity index (χ4v) is 3.28. The maximum atomic E-state index is 12.4. The number of aryl methyl sites for hydroxylation is 1. The molecule has 0 spiro atoms. The van der Waals surface area contributed by atoms with E-state index >= 15 is 0 Å². The van der Waals surface area contributed by atoms with Gasteiger partial charge in [0.25, 0.3) is 0 Å². The predicted octanol–water partition coefficient (Wildman–Crippen LogP) is 2.42. The lowest BCUT2D eigenvalue weighted by Gasteiger charge is -2.28. The molecule has 3 N–H and O–H groups in total. The van der Waals surface area contributed by atoms with Crippen molar-refractivity contribution in [3.63, 3.8) is 0 Å². The Morgan fingerprint density at radius 2 is 1.85 bits per heavy atom. The molecule has 0 fully saturated rings. The van der Waals surface area contributed by atoms with Gasteiger partial charge in [0, 0.05) is 12.6 Å². The molecule has 0 aromatic heterocycles. The molecule has 0 amide bonds. The summed E-state index contributed by atoms with van der Waals surface area (Å²) < 4.78 is 27.5. The highest BCUT2D eigenvalue weighted by molar-refractivity contribution is 7.89. The Bertz CT molecular complexity index is 560. The monoisotopic (exact) mass is 298 g/mol. The first-order valence-electron chi connectivity index (χ1n) is 6.96. The Balaban J connectivity index is 3.10. The first kappa shape index (κ1) is 17.1. The van der Waals surface area contributed by atoms with E-state index in [0.717, 1.165) is 17.5 Å². The molecule has 0 saturated heterocycles. The molecular weight excluding hydrogens is 272 g/mol. The van der Waals surface area contributed by atoms with E-state index in [-0.39, 0.29) is 16.4 Å². The molecule has 20 heavy (non-hydrogen) atoms. The van der Waals surface area contributed by atoms with Gasteiger partial charge in [0.2, 0.25) is 10.0 Å². The summed E-state index contributed by atoms with van der Waals surface area (Å²) in [5, 5.41) is 0. The van der Waals surface area contributed by atoms with E-state index in [0.29, 0.717) is 6.54 Å². The molecule has 114 valence electrons. The number of nitrogens with one attached hydrogen (secondary N) is 1. The van der Waals surface area contributed by atoms with Gasteiger partial charge in [-0.25, -0.2) is 13.1 Å². The van der Waals surface area contributed by atoms with Gasteiger partial charge in [-0.2, -0.15) is 0 Å². The first-order chi connectivity index (χ1) is 9.11. The SMILES string of the molecule is CCc1ccc(S(=O)(=O)NC(C)C(C)(C)C)cc1CN. The molecule has 0 heterocycles. The Kier molecular flexibility index (Phi) is 5.35. The summed E-state index contributed by atoms with van der Waals surface area (Å²) in [7, 11) is -3.51. The Hall–Kier alpha value is -0.910. The minimum atomic E-state index is -3.51. The van der Waals surface area contributed by atoms with Crippen molar-refractivity contribution in [2.45, 2.75) is 58.5 Å². The summed E-state index contributed by atoms with van der Waals surface area (Å²) in [6.45, 7) is 10.3. The minimum absolute atomic E-state index is 0.132. The van der Waals surface area contributed by atoms with Crippen LogP contribution in [0.15, 0.2) is 23.1 Å². The van der Waals surface area contributed by atoms with Gasteiger partial charge in [0.05, 0.1) is 4.90 Å². The molecule has 1 aromatic rings. The fourth-order valence-electron chi connectivity index (χ4n) is 1.78. The molecule has 0 bridgehead atoms. The van der Waals surface area contributed by atoms with Gasteiger partial charge >= 0.3 is 0 Å². The topological polar surface area (TPSA) is 72.2 Å². The van der Waals surface area contributed by atoms with E-state index in [9.17, 15) is 8.42 Å². The summed E-state index contributed by atoms with van der Waals surface area (Å²) in [6.07, 6.45) is 0.846. The number of sulfonamides is 1. The molecule has 1 rings (SSSR count). The average Bonchev–Trinajstić information content (AvgIpc) is 2.36. The van der Waals surface area contributed by atoms with Crippen LogP contribution in [0.5, 0.6) is 0 Å². The zero-order valence-corrected chi connectivity index (χ0v) is 13.8. The summed E-state index contributed by atoms with van der Waals surface area (Å²) in [5.41, 5.74) is 7.54. The summed E-state index contributed by atoms with van der Waals surface area (Å²) >= 11 is 0. The van der Waals surface area contributed by atoms with Crippen molar-refractivity contribution >= 4 is 10.0 Å². The number of hydrogen-bond donors (Lipinski definition) is 2. The van der Waals surface area contributed by atoms with E-state index in [1.165, 1.54) is 0 Å². The van der Waals surface area contributed by atoms with Crippen molar-refractivity contribution in [1.29, 1.82) is 0 Å². The fraction of sp³-hybridized carbons (Fsp3) is 0.600. The maximum Gasteiger partial charge on any atom is 0.240 e. The van der Waals surface area contributed by atoms with Crippen molar-refractivity contribution in [2.75, 3.05) is 0 Å². The average molecular weight is 298 g/mol. The lowest BCUT2D eigenvalue weighted by Crippen LogP contribution is -2.41. The maximum absolute atomic E-state index is 12.4. The highest BCUT2D eigenvalue weighted by Crippen LogP contribution is 2.22. The van der Waals surface area contributed by atoms with Crippen LogP contribution >= 0.6 is 0 Å². The molecule has 1 aromatic carbocycles. The summed E-state index contributed by atoms with van der Waals surface area (Å²) in [5.74, 6) is 0. The first-order valence-corrected chi connectivity index (χ1v) is 8.44. The predicted molar refractivity (Wildman–Crippen MR) is 82.9 cm³/mol. The molecular formula is C15H26N2O2S. The third kappa shape index (κ3) is 4.04. The minimum Gasteiger partial charge on any atom is -0.326 e. The quantitative estimate of drug-likeness (QED) is 0.877. The van der Waals surface area contributed by atoms with Gasteiger partial charge in [-0.05, 0) is 42.0 Å². The van der Waals surface area contributed by atoms with Crippen molar-refractivity contribution in [3.8, 4) is 0 Å². The van der Waals surface area contributed by atoms with Crippen LogP contribution in [0, 0.1) is 5.41 Å². The highest BCUT2D eigenvalue weighted by Gasteiger charge is 2.26. The second-order valence-corrected chi connectivity index (χ2v) is 7.91. The van der Waals surface area contributed by atoms with Gasteiger partial charge in [-0.1, -0.05) is 33.8 Å². The van der Waals surface area contributed by atoms with Crippen LogP contribution in [0.25, 0.3) is 0 Å². The van der Waals surface area contributed by atoms with Crippen LogP contribution in [0.2, 0.25) is 0 Å². The van der Waals surface area contributed by atoms with E-state index < -0.39 is 10.0 Å². The Morgan fingerprint density at radius 1 is 1.25 bits per heavy atom. The van der Waals surface area contributed by atoms with Gasteiger partial charge in [0.15, 0.2) is 0 Å². The third-order valence-corrected chi connectivity index (χ3v) is 5.26. The Morgan fingerprint density at radius 3 is 2.30 bits per heavy atom. The van der Waals surface area contributed by atoms with Crippen molar-refractivity contribution in [3.05, 3.63) is 29.3 Å². The second kappa shape index (κ2) is 6.24. The zero-order chi connectivity index (χ0) is 15.6. The molecule has 5 heteroatoms. The van der Waals surface area contributed by atoms with Crippen LogP contribution in [0.3, 0.4) is 0 Å². The zero-order valence-electron chi connectivity index (χ0n) is 13.0. The van der Waals surface area contributed by atoms with E-state index in [2.05, 4.69) is 4.72 Å². The van der Waals surface area contributed by atoms with Crippen LogP contribution in [0.4, 0.5) is 0 Å². The number of nitrogens with two attached hydrogens (primary N) is 1. The molecule has 0 aliphatic carbocycles. The molecule has 0 aliphatic rings. The summed E-state index contributed by atoms with van der Waals surface area (Å²) in [4.78, 5) is 0.284. The molecule has 4 nitrogen and oxygen atoms in total. The standard InChI is InChI=1S/C15H26N2O2S/c1-6-12-7-8-14(9-13(12)10-16)20(18,19)17-11(2)15(3,4)5/h7-9,11,17H,6,10,16H2,1-5H3. The molecule has 0 aliphatic heterocycles. The molecule has 0 saturated carbocycles. The van der Waals surface area contributed by atoms with Gasteiger partial charge in [-0.3, -0.25) is 0 Å². The van der Waals surface area contributed by atoms with Crippen LogP contribution in [0.1, 0.15) is 45.7 Å². The number of benzene rings is 1. The van der Waals surface area contributed by atoms with E-state index in [1.54, 1.807) is 12.1 Å². The lowest BCUT2D eigenvalue weighted by molar-refractivity contribution is 0.317. The molecule has 1 unspecified atom stereocenters. The van der Waals surface area contributed by atoms with Crippen LogP contribution in [-0.4, -0.2) is 14.5 Å². The largest absolute Gasteiger partial charge is 0.326 e. The van der Waals surface area contributed by atoms with Gasteiger partial charge in [-0.15, -0.1) is 0 Å². The van der Waals surface area contributed by atoms with Crippen molar-refractivity contribution < 1.29 is 8.42 Å². The number of hydrogen-bond acceptors (Lipinski definition) is 3. The van der Waals surface area contributed by atoms with Gasteiger partial charge < -0.3 is 5.73 Å². The van der Waals surface area contributed by atoms with Crippen LogP contribution in [-0.2, 0) is 23.0 Å².